The Morgan fingerprint density at radius 3 is 3.07 bits per heavy atom. The van der Waals surface area contributed by atoms with Gasteiger partial charge in [0.05, 0.1) is 6.04 Å². The average Bonchev–Trinajstić information content (AvgIpc) is 3.04. The van der Waals surface area contributed by atoms with Crippen molar-refractivity contribution in [3.8, 4) is 0 Å². The molecule has 0 spiro atoms. The number of rotatable bonds is 2. The largest absolute Gasteiger partial charge is 0.278 e. The van der Waals surface area contributed by atoms with Gasteiger partial charge in [-0.25, -0.2) is 14.6 Å². The van der Waals surface area contributed by atoms with Gasteiger partial charge in [0.25, 0.3) is 5.56 Å². The Morgan fingerprint density at radius 2 is 2.40 bits per heavy atom. The zero-order chi connectivity index (χ0) is 10.4. The standard InChI is InChI=1S/C9H10N4OS/c1-15-9-10-4-6-7(11-9)12-13(8(6)14)5-2-3-5/h4-5H,2-3H2,1H3,(H,10,11,12). The fourth-order valence-corrected chi connectivity index (χ4v) is 1.93. The summed E-state index contributed by atoms with van der Waals surface area (Å²) >= 11 is 1.47. The molecule has 1 fully saturated rings. The molecule has 78 valence electrons. The Balaban J connectivity index is 2.25. The molecular weight excluding hydrogens is 212 g/mol. The lowest BCUT2D eigenvalue weighted by molar-refractivity contribution is 0.626. The van der Waals surface area contributed by atoms with Crippen LogP contribution in [-0.2, 0) is 0 Å². The molecule has 1 aliphatic carbocycles. The summed E-state index contributed by atoms with van der Waals surface area (Å²) in [6.45, 7) is 0. The molecule has 6 heteroatoms. The number of nitrogens with one attached hydrogen (secondary N) is 1. The van der Waals surface area contributed by atoms with Crippen molar-refractivity contribution in [2.75, 3.05) is 6.26 Å². The van der Waals surface area contributed by atoms with Crippen molar-refractivity contribution in [1.82, 2.24) is 19.7 Å². The molecule has 0 aliphatic heterocycles. The first-order valence-electron chi connectivity index (χ1n) is 4.81. The molecule has 2 aromatic rings. The van der Waals surface area contributed by atoms with Crippen LogP contribution in [0.25, 0.3) is 11.0 Å². The average molecular weight is 222 g/mol. The van der Waals surface area contributed by atoms with Crippen molar-refractivity contribution >= 4 is 22.8 Å². The van der Waals surface area contributed by atoms with Crippen molar-refractivity contribution in [2.24, 2.45) is 0 Å². The van der Waals surface area contributed by atoms with Crippen molar-refractivity contribution in [3.63, 3.8) is 0 Å². The van der Waals surface area contributed by atoms with Gasteiger partial charge < -0.3 is 0 Å². The highest BCUT2D eigenvalue weighted by Gasteiger charge is 2.26. The highest BCUT2D eigenvalue weighted by molar-refractivity contribution is 7.98. The number of fused-ring (bicyclic) bond motifs is 1. The first-order chi connectivity index (χ1) is 7.29. The number of H-pyrrole nitrogens is 1. The van der Waals surface area contributed by atoms with Gasteiger partial charge in [-0.05, 0) is 19.1 Å². The zero-order valence-electron chi connectivity index (χ0n) is 8.23. The first kappa shape index (κ1) is 8.96. The molecule has 1 saturated carbocycles. The monoisotopic (exact) mass is 222 g/mol. The third kappa shape index (κ3) is 1.36. The topological polar surface area (TPSA) is 63.6 Å². The van der Waals surface area contributed by atoms with Crippen LogP contribution in [0.15, 0.2) is 16.1 Å². The van der Waals surface area contributed by atoms with Crippen molar-refractivity contribution in [2.45, 2.75) is 24.0 Å². The lowest BCUT2D eigenvalue weighted by atomic mass is 10.4. The quantitative estimate of drug-likeness (QED) is 0.612. The van der Waals surface area contributed by atoms with E-state index in [-0.39, 0.29) is 5.56 Å². The molecule has 1 aliphatic rings. The second kappa shape index (κ2) is 3.10. The minimum atomic E-state index is 0.000142. The molecule has 2 aromatic heterocycles. The normalized spacial score (nSPS) is 16.1. The van der Waals surface area contributed by atoms with E-state index in [9.17, 15) is 4.79 Å². The van der Waals surface area contributed by atoms with Gasteiger partial charge in [-0.3, -0.25) is 9.89 Å². The summed E-state index contributed by atoms with van der Waals surface area (Å²) in [6.07, 6.45) is 5.67. The number of nitrogens with zero attached hydrogens (tertiary/aromatic N) is 3. The molecule has 0 unspecified atom stereocenters. The molecule has 0 amide bonds. The van der Waals surface area contributed by atoms with E-state index in [2.05, 4.69) is 15.1 Å². The van der Waals surface area contributed by atoms with E-state index < -0.39 is 0 Å². The van der Waals surface area contributed by atoms with Crippen LogP contribution < -0.4 is 5.56 Å². The zero-order valence-corrected chi connectivity index (χ0v) is 9.04. The van der Waals surface area contributed by atoms with E-state index in [0.717, 1.165) is 12.8 Å². The number of aromatic amines is 1. The van der Waals surface area contributed by atoms with Crippen LogP contribution in [0.5, 0.6) is 0 Å². The summed E-state index contributed by atoms with van der Waals surface area (Å²) in [5, 5.41) is 4.31. The Hall–Kier alpha value is -1.30. The minimum Gasteiger partial charge on any atom is -0.278 e. The maximum absolute atomic E-state index is 11.9. The molecule has 0 bridgehead atoms. The fraction of sp³-hybridized carbons (Fsp3) is 0.444. The van der Waals surface area contributed by atoms with Crippen molar-refractivity contribution in [1.29, 1.82) is 0 Å². The molecular formula is C9H10N4OS. The van der Waals surface area contributed by atoms with Gasteiger partial charge in [0.15, 0.2) is 10.8 Å². The molecule has 2 heterocycles. The highest BCUT2D eigenvalue weighted by Crippen LogP contribution is 2.33. The Kier molecular flexibility index (Phi) is 1.85. The SMILES string of the molecule is CSc1ncc2c(=O)n(C3CC3)[nH]c2n1. The lowest BCUT2D eigenvalue weighted by Gasteiger charge is -1.93. The van der Waals surface area contributed by atoms with Crippen molar-refractivity contribution < 1.29 is 0 Å². The summed E-state index contributed by atoms with van der Waals surface area (Å²) in [7, 11) is 0. The Labute approximate surface area is 89.9 Å². The maximum atomic E-state index is 11.9. The molecule has 1 N–H and O–H groups in total. The summed E-state index contributed by atoms with van der Waals surface area (Å²) in [4.78, 5) is 20.2. The van der Waals surface area contributed by atoms with E-state index in [1.54, 1.807) is 10.9 Å². The molecule has 0 saturated heterocycles. The summed E-state index contributed by atoms with van der Waals surface area (Å²) in [6, 6.07) is 0.351. The number of aromatic nitrogens is 4. The molecule has 0 atom stereocenters. The second-order valence-electron chi connectivity index (χ2n) is 3.64. The third-order valence-electron chi connectivity index (χ3n) is 2.54. The van der Waals surface area contributed by atoms with Gasteiger partial charge in [-0.2, -0.15) is 0 Å². The van der Waals surface area contributed by atoms with Gasteiger partial charge in [0.2, 0.25) is 0 Å². The maximum Gasteiger partial charge on any atom is 0.277 e. The predicted octanol–water partition coefficient (Wildman–Crippen LogP) is 1.18. The van der Waals surface area contributed by atoms with Gasteiger partial charge in [0, 0.05) is 6.20 Å². The number of hydrogen-bond acceptors (Lipinski definition) is 4. The second-order valence-corrected chi connectivity index (χ2v) is 4.41. The highest BCUT2D eigenvalue weighted by atomic mass is 32.2. The molecule has 0 aromatic carbocycles. The molecule has 5 nitrogen and oxygen atoms in total. The van der Waals surface area contributed by atoms with E-state index in [1.165, 1.54) is 11.8 Å². The smallest absolute Gasteiger partial charge is 0.277 e. The van der Waals surface area contributed by atoms with Crippen LogP contribution in [0, 0.1) is 0 Å². The molecule has 3 rings (SSSR count). The minimum absolute atomic E-state index is 0.000142. The van der Waals surface area contributed by atoms with Gasteiger partial charge >= 0.3 is 0 Å². The van der Waals surface area contributed by atoms with E-state index >= 15 is 0 Å². The lowest BCUT2D eigenvalue weighted by Crippen LogP contribution is -2.14. The first-order valence-corrected chi connectivity index (χ1v) is 6.03. The van der Waals surface area contributed by atoms with Gasteiger partial charge in [0.1, 0.15) is 5.39 Å². The number of thioether (sulfide) groups is 1. The van der Waals surface area contributed by atoms with Crippen LogP contribution in [0.1, 0.15) is 18.9 Å². The molecule has 0 radical (unpaired) electrons. The summed E-state index contributed by atoms with van der Waals surface area (Å²) in [5.41, 5.74) is 0.645. The van der Waals surface area contributed by atoms with Crippen LogP contribution in [0.4, 0.5) is 0 Å². The van der Waals surface area contributed by atoms with Gasteiger partial charge in [-0.1, -0.05) is 11.8 Å². The Bertz CT molecular complexity index is 569. The van der Waals surface area contributed by atoms with Crippen LogP contribution in [0.2, 0.25) is 0 Å². The van der Waals surface area contributed by atoms with E-state index in [0.29, 0.717) is 22.2 Å². The summed E-state index contributed by atoms with van der Waals surface area (Å²) in [5.74, 6) is 0. The van der Waals surface area contributed by atoms with Crippen LogP contribution in [-0.4, -0.2) is 26.0 Å². The van der Waals surface area contributed by atoms with E-state index in [1.807, 2.05) is 6.26 Å². The Morgan fingerprint density at radius 1 is 1.60 bits per heavy atom. The fourth-order valence-electron chi connectivity index (χ4n) is 1.59. The van der Waals surface area contributed by atoms with Crippen molar-refractivity contribution in [3.05, 3.63) is 16.6 Å². The third-order valence-corrected chi connectivity index (χ3v) is 3.10. The number of hydrogen-bond donors (Lipinski definition) is 1. The van der Waals surface area contributed by atoms with E-state index in [4.69, 9.17) is 0 Å². The van der Waals surface area contributed by atoms with Crippen LogP contribution >= 0.6 is 11.8 Å². The van der Waals surface area contributed by atoms with Gasteiger partial charge in [-0.15, -0.1) is 0 Å². The summed E-state index contributed by atoms with van der Waals surface area (Å²) < 4.78 is 1.67. The van der Waals surface area contributed by atoms with Crippen LogP contribution in [0.3, 0.4) is 0 Å². The molecule has 15 heavy (non-hydrogen) atoms. The predicted molar refractivity (Wildman–Crippen MR) is 58.2 cm³/mol.